The summed E-state index contributed by atoms with van der Waals surface area (Å²) >= 11 is 0. The van der Waals surface area contributed by atoms with Crippen LogP contribution in [0.5, 0.6) is 0 Å². The van der Waals surface area contributed by atoms with E-state index >= 15 is 0 Å². The van der Waals surface area contributed by atoms with Gasteiger partial charge in [-0.25, -0.2) is 9.97 Å². The van der Waals surface area contributed by atoms with Crippen molar-refractivity contribution in [3.63, 3.8) is 0 Å². The second-order valence-corrected chi connectivity index (χ2v) is 6.35. The molecule has 0 N–H and O–H groups in total. The SMILES string of the molecule is Cc1nc(N2CCOC(C(=O)N3CCCCC3)C2)cc(C(F)(F)F)n1. The lowest BCUT2D eigenvalue weighted by Crippen LogP contribution is -2.52. The van der Waals surface area contributed by atoms with Gasteiger partial charge in [0.2, 0.25) is 0 Å². The number of hydrogen-bond acceptors (Lipinski definition) is 5. The molecule has 1 unspecified atom stereocenters. The number of piperidine rings is 1. The van der Waals surface area contributed by atoms with Crippen molar-refractivity contribution in [2.45, 2.75) is 38.5 Å². The van der Waals surface area contributed by atoms with Gasteiger partial charge in [0.25, 0.3) is 5.91 Å². The first kappa shape index (κ1) is 17.9. The summed E-state index contributed by atoms with van der Waals surface area (Å²) in [7, 11) is 0. The Kier molecular flexibility index (Phi) is 5.12. The summed E-state index contributed by atoms with van der Waals surface area (Å²) in [5.74, 6) is 0.140. The monoisotopic (exact) mass is 358 g/mol. The van der Waals surface area contributed by atoms with Crippen LogP contribution in [0.4, 0.5) is 19.0 Å². The van der Waals surface area contributed by atoms with Gasteiger partial charge in [0.1, 0.15) is 17.3 Å². The molecule has 6 nitrogen and oxygen atoms in total. The predicted molar refractivity (Wildman–Crippen MR) is 84.2 cm³/mol. The lowest BCUT2D eigenvalue weighted by Gasteiger charge is -2.36. The second kappa shape index (κ2) is 7.15. The lowest BCUT2D eigenvalue weighted by atomic mass is 10.1. The molecule has 0 aliphatic carbocycles. The van der Waals surface area contributed by atoms with Gasteiger partial charge in [0.15, 0.2) is 6.10 Å². The molecule has 2 aliphatic rings. The van der Waals surface area contributed by atoms with Crippen molar-refractivity contribution in [2.75, 3.05) is 37.7 Å². The first-order chi connectivity index (χ1) is 11.8. The average molecular weight is 358 g/mol. The molecule has 0 aromatic carbocycles. The Balaban J connectivity index is 1.75. The minimum Gasteiger partial charge on any atom is -0.365 e. The van der Waals surface area contributed by atoms with E-state index in [9.17, 15) is 18.0 Å². The van der Waals surface area contributed by atoms with Gasteiger partial charge < -0.3 is 14.5 Å². The first-order valence-electron chi connectivity index (χ1n) is 8.43. The maximum atomic E-state index is 13.0. The summed E-state index contributed by atoms with van der Waals surface area (Å²) in [4.78, 5) is 23.6. The van der Waals surface area contributed by atoms with Crippen LogP contribution in [0.3, 0.4) is 0 Å². The molecule has 9 heteroatoms. The summed E-state index contributed by atoms with van der Waals surface area (Å²) in [5.41, 5.74) is -0.972. The summed E-state index contributed by atoms with van der Waals surface area (Å²) in [6.07, 6.45) is -2.14. The molecule has 2 fully saturated rings. The molecule has 3 heterocycles. The summed E-state index contributed by atoms with van der Waals surface area (Å²) in [6, 6.07) is 0.931. The number of halogens is 3. The van der Waals surface area contributed by atoms with Gasteiger partial charge in [-0.2, -0.15) is 13.2 Å². The van der Waals surface area contributed by atoms with Crippen molar-refractivity contribution in [3.8, 4) is 0 Å². The summed E-state index contributed by atoms with van der Waals surface area (Å²) in [6.45, 7) is 3.71. The van der Waals surface area contributed by atoms with Crippen LogP contribution in [0.15, 0.2) is 6.07 Å². The van der Waals surface area contributed by atoms with E-state index in [1.807, 2.05) is 0 Å². The van der Waals surface area contributed by atoms with E-state index in [2.05, 4.69) is 9.97 Å². The van der Waals surface area contributed by atoms with Gasteiger partial charge >= 0.3 is 6.18 Å². The number of morpholine rings is 1. The molecule has 0 saturated carbocycles. The van der Waals surface area contributed by atoms with Crippen molar-refractivity contribution < 1.29 is 22.7 Å². The maximum absolute atomic E-state index is 13.0. The van der Waals surface area contributed by atoms with Gasteiger partial charge in [-0.15, -0.1) is 0 Å². The smallest absolute Gasteiger partial charge is 0.365 e. The zero-order valence-corrected chi connectivity index (χ0v) is 14.1. The molecule has 2 aliphatic heterocycles. The molecule has 1 aromatic heterocycles. The topological polar surface area (TPSA) is 58.6 Å². The highest BCUT2D eigenvalue weighted by molar-refractivity contribution is 5.82. The number of nitrogens with zero attached hydrogens (tertiary/aromatic N) is 4. The third kappa shape index (κ3) is 4.20. The third-order valence-electron chi connectivity index (χ3n) is 4.45. The standard InChI is InChI=1S/C16H21F3N4O2/c1-11-20-13(16(17,18)19)9-14(21-11)23-7-8-25-12(10-23)15(24)22-5-3-2-4-6-22/h9,12H,2-8,10H2,1H3. The maximum Gasteiger partial charge on any atom is 0.433 e. The highest BCUT2D eigenvalue weighted by Gasteiger charge is 2.35. The van der Waals surface area contributed by atoms with Crippen LogP contribution in [0.2, 0.25) is 0 Å². The van der Waals surface area contributed by atoms with Crippen LogP contribution in [0.25, 0.3) is 0 Å². The van der Waals surface area contributed by atoms with E-state index in [4.69, 9.17) is 4.74 Å². The minimum atomic E-state index is -4.53. The number of alkyl halides is 3. The average Bonchev–Trinajstić information content (AvgIpc) is 2.61. The van der Waals surface area contributed by atoms with E-state index in [1.165, 1.54) is 6.92 Å². The largest absolute Gasteiger partial charge is 0.433 e. The van der Waals surface area contributed by atoms with Gasteiger partial charge in [-0.1, -0.05) is 0 Å². The Bertz CT molecular complexity index is 632. The highest BCUT2D eigenvalue weighted by atomic mass is 19.4. The van der Waals surface area contributed by atoms with Crippen molar-refractivity contribution >= 4 is 11.7 Å². The Morgan fingerprint density at radius 3 is 2.60 bits per heavy atom. The normalized spacial score (nSPS) is 22.2. The van der Waals surface area contributed by atoms with E-state index in [0.717, 1.165) is 25.3 Å². The fourth-order valence-electron chi connectivity index (χ4n) is 3.18. The molecule has 2 saturated heterocycles. The number of rotatable bonds is 2. The van der Waals surface area contributed by atoms with Crippen LogP contribution >= 0.6 is 0 Å². The molecule has 1 amide bonds. The Morgan fingerprint density at radius 1 is 1.20 bits per heavy atom. The number of aryl methyl sites for hydroxylation is 1. The number of likely N-dealkylation sites (tertiary alicyclic amines) is 1. The number of aromatic nitrogens is 2. The van der Waals surface area contributed by atoms with Crippen molar-refractivity contribution in [2.24, 2.45) is 0 Å². The number of hydrogen-bond donors (Lipinski definition) is 0. The number of anilines is 1. The second-order valence-electron chi connectivity index (χ2n) is 6.35. The van der Waals surface area contributed by atoms with Crippen LogP contribution in [-0.4, -0.2) is 59.7 Å². The van der Waals surface area contributed by atoms with Gasteiger partial charge in [-0.3, -0.25) is 4.79 Å². The number of ether oxygens (including phenoxy) is 1. The van der Waals surface area contributed by atoms with Gasteiger partial charge in [0.05, 0.1) is 13.2 Å². The number of carbonyl (C=O) groups is 1. The Morgan fingerprint density at radius 2 is 1.92 bits per heavy atom. The van der Waals surface area contributed by atoms with E-state index in [-0.39, 0.29) is 30.7 Å². The van der Waals surface area contributed by atoms with E-state index in [1.54, 1.807) is 9.80 Å². The molecule has 0 radical (unpaired) electrons. The van der Waals surface area contributed by atoms with Crippen molar-refractivity contribution in [1.82, 2.24) is 14.9 Å². The molecule has 138 valence electrons. The van der Waals surface area contributed by atoms with Gasteiger partial charge in [0, 0.05) is 25.7 Å². The van der Waals surface area contributed by atoms with Crippen LogP contribution in [0.1, 0.15) is 30.8 Å². The number of amides is 1. The Hall–Kier alpha value is -1.90. The van der Waals surface area contributed by atoms with Crippen molar-refractivity contribution in [1.29, 1.82) is 0 Å². The lowest BCUT2D eigenvalue weighted by molar-refractivity contribution is -0.145. The molecule has 1 atom stereocenters. The summed E-state index contributed by atoms with van der Waals surface area (Å²) in [5, 5.41) is 0. The minimum absolute atomic E-state index is 0.0511. The van der Waals surface area contributed by atoms with Crippen LogP contribution in [-0.2, 0) is 15.7 Å². The molecule has 0 bridgehead atoms. The molecule has 3 rings (SSSR count). The molecular weight excluding hydrogens is 337 g/mol. The third-order valence-corrected chi connectivity index (χ3v) is 4.45. The number of carbonyl (C=O) groups excluding carboxylic acids is 1. The fraction of sp³-hybridized carbons (Fsp3) is 0.688. The fourth-order valence-corrected chi connectivity index (χ4v) is 3.18. The predicted octanol–water partition coefficient (Wildman–Crippen LogP) is 2.02. The van der Waals surface area contributed by atoms with Crippen LogP contribution in [0, 0.1) is 6.92 Å². The summed E-state index contributed by atoms with van der Waals surface area (Å²) < 4.78 is 44.5. The van der Waals surface area contributed by atoms with Crippen molar-refractivity contribution in [3.05, 3.63) is 17.6 Å². The highest BCUT2D eigenvalue weighted by Crippen LogP contribution is 2.30. The first-order valence-corrected chi connectivity index (χ1v) is 8.43. The van der Waals surface area contributed by atoms with E-state index < -0.39 is 18.0 Å². The molecule has 0 spiro atoms. The zero-order valence-electron chi connectivity index (χ0n) is 14.1. The quantitative estimate of drug-likeness (QED) is 0.810. The molecule has 1 aromatic rings. The van der Waals surface area contributed by atoms with E-state index in [0.29, 0.717) is 19.6 Å². The zero-order chi connectivity index (χ0) is 18.0. The molecule has 25 heavy (non-hydrogen) atoms. The molecular formula is C16H21F3N4O2. The Labute approximate surface area is 144 Å². The van der Waals surface area contributed by atoms with Gasteiger partial charge in [-0.05, 0) is 26.2 Å². The van der Waals surface area contributed by atoms with Crippen LogP contribution < -0.4 is 4.90 Å².